The fourth-order valence-electron chi connectivity index (χ4n) is 2.87. The zero-order valence-corrected chi connectivity index (χ0v) is 13.7. The van der Waals surface area contributed by atoms with Crippen LogP contribution in [0.2, 0.25) is 5.02 Å². The molecule has 1 fully saturated rings. The number of hydrogen-bond acceptors (Lipinski definition) is 4. The van der Waals surface area contributed by atoms with Gasteiger partial charge in [0.1, 0.15) is 5.82 Å². The van der Waals surface area contributed by atoms with Gasteiger partial charge in [-0.3, -0.25) is 10.9 Å². The van der Waals surface area contributed by atoms with Crippen LogP contribution < -0.4 is 22.1 Å². The number of nitrogens with two attached hydrogens (primary N) is 1. The Morgan fingerprint density at radius 3 is 2.78 bits per heavy atom. The van der Waals surface area contributed by atoms with Crippen LogP contribution in [0.25, 0.3) is 0 Å². The van der Waals surface area contributed by atoms with Crippen molar-refractivity contribution in [2.24, 2.45) is 5.84 Å². The molecule has 0 unspecified atom stereocenters. The van der Waals surface area contributed by atoms with Crippen molar-refractivity contribution in [1.29, 1.82) is 0 Å². The molecule has 0 aromatic heterocycles. The first-order valence-corrected chi connectivity index (χ1v) is 8.14. The van der Waals surface area contributed by atoms with E-state index >= 15 is 0 Å². The number of amides is 2. The molecule has 23 heavy (non-hydrogen) atoms. The summed E-state index contributed by atoms with van der Waals surface area (Å²) in [5, 5.41) is 0.438. The SMILES string of the molecule is NNC(=O)NNCCCN1CCC(c2ccc(Cl)cc2F)CC1. The van der Waals surface area contributed by atoms with Crippen LogP contribution in [0.1, 0.15) is 30.7 Å². The summed E-state index contributed by atoms with van der Waals surface area (Å²) < 4.78 is 14.0. The molecule has 0 atom stereocenters. The minimum Gasteiger partial charge on any atom is -0.303 e. The average molecular weight is 344 g/mol. The molecule has 1 aromatic rings. The summed E-state index contributed by atoms with van der Waals surface area (Å²) in [5.74, 6) is 5.00. The molecular formula is C15H23ClFN5O. The summed E-state index contributed by atoms with van der Waals surface area (Å²) in [6, 6.07) is 4.48. The summed E-state index contributed by atoms with van der Waals surface area (Å²) in [7, 11) is 0. The second-order valence-corrected chi connectivity index (χ2v) is 6.10. The van der Waals surface area contributed by atoms with E-state index in [0.717, 1.165) is 44.5 Å². The van der Waals surface area contributed by atoms with Gasteiger partial charge in [-0.15, -0.1) is 0 Å². The molecule has 0 saturated carbocycles. The highest BCUT2D eigenvalue weighted by atomic mass is 35.5. The number of carbonyl (C=O) groups excluding carboxylic acids is 1. The minimum atomic E-state index is -0.462. The molecule has 1 aromatic carbocycles. The number of halogens is 2. The minimum absolute atomic E-state index is 0.204. The molecule has 0 bridgehead atoms. The third-order valence-electron chi connectivity index (χ3n) is 4.10. The molecule has 0 spiro atoms. The molecule has 2 rings (SSSR count). The van der Waals surface area contributed by atoms with E-state index in [0.29, 0.717) is 11.6 Å². The van der Waals surface area contributed by atoms with E-state index < -0.39 is 6.03 Å². The lowest BCUT2D eigenvalue weighted by Gasteiger charge is -2.32. The van der Waals surface area contributed by atoms with E-state index in [9.17, 15) is 9.18 Å². The maximum atomic E-state index is 14.0. The van der Waals surface area contributed by atoms with Crippen LogP contribution in [-0.2, 0) is 0 Å². The van der Waals surface area contributed by atoms with Crippen LogP contribution in [0, 0.1) is 5.82 Å². The summed E-state index contributed by atoms with van der Waals surface area (Å²) in [4.78, 5) is 13.2. The Labute approximate surface area is 140 Å². The summed E-state index contributed by atoms with van der Waals surface area (Å²) in [6.45, 7) is 3.50. The van der Waals surface area contributed by atoms with Crippen molar-refractivity contribution in [2.45, 2.75) is 25.2 Å². The zero-order chi connectivity index (χ0) is 16.7. The average Bonchev–Trinajstić information content (AvgIpc) is 2.55. The highest BCUT2D eigenvalue weighted by Crippen LogP contribution is 2.30. The quantitative estimate of drug-likeness (QED) is 0.274. The third-order valence-corrected chi connectivity index (χ3v) is 4.33. The first-order chi connectivity index (χ1) is 11.1. The number of likely N-dealkylation sites (tertiary alicyclic amines) is 1. The lowest BCUT2D eigenvalue weighted by molar-refractivity contribution is 0.206. The Kier molecular flexibility index (Phi) is 7.04. The van der Waals surface area contributed by atoms with Crippen molar-refractivity contribution >= 4 is 17.6 Å². The standard InChI is InChI=1S/C15H23ClFN5O/c16-12-2-3-13(14(17)10-12)11-4-8-22(9-5-11)7-1-6-19-21-15(23)20-18/h2-3,10-11,19H,1,4-9,18H2,(H2,20,21,23). The number of nitrogens with zero attached hydrogens (tertiary/aromatic N) is 1. The van der Waals surface area contributed by atoms with Gasteiger partial charge in [0.2, 0.25) is 0 Å². The lowest BCUT2D eigenvalue weighted by Crippen LogP contribution is -2.47. The predicted molar refractivity (Wildman–Crippen MR) is 88.3 cm³/mol. The maximum Gasteiger partial charge on any atom is 0.343 e. The zero-order valence-electron chi connectivity index (χ0n) is 12.9. The van der Waals surface area contributed by atoms with Crippen molar-refractivity contribution in [3.63, 3.8) is 0 Å². The summed E-state index contributed by atoms with van der Waals surface area (Å²) >= 11 is 5.80. The summed E-state index contributed by atoms with van der Waals surface area (Å²) in [5.41, 5.74) is 7.95. The number of piperidine rings is 1. The van der Waals surface area contributed by atoms with Gasteiger partial charge >= 0.3 is 6.03 Å². The number of rotatable bonds is 6. The van der Waals surface area contributed by atoms with E-state index in [2.05, 4.69) is 15.8 Å². The van der Waals surface area contributed by atoms with Gasteiger partial charge < -0.3 is 4.90 Å². The van der Waals surface area contributed by atoms with Gasteiger partial charge in [0.25, 0.3) is 0 Å². The molecule has 0 radical (unpaired) electrons. The van der Waals surface area contributed by atoms with Gasteiger partial charge in [-0.2, -0.15) is 0 Å². The second kappa shape index (κ2) is 9.02. The van der Waals surface area contributed by atoms with E-state index in [-0.39, 0.29) is 11.7 Å². The van der Waals surface area contributed by atoms with Crippen LogP contribution >= 0.6 is 11.6 Å². The lowest BCUT2D eigenvalue weighted by atomic mass is 9.89. The fraction of sp³-hybridized carbons (Fsp3) is 0.533. The molecule has 6 nitrogen and oxygen atoms in total. The van der Waals surface area contributed by atoms with Gasteiger partial charge in [0.05, 0.1) is 0 Å². The Bertz CT molecular complexity index is 523. The normalized spacial score (nSPS) is 16.3. The Hall–Kier alpha value is -1.41. The van der Waals surface area contributed by atoms with Crippen LogP contribution in [0.4, 0.5) is 9.18 Å². The van der Waals surface area contributed by atoms with Gasteiger partial charge in [-0.1, -0.05) is 17.7 Å². The maximum absolute atomic E-state index is 14.0. The van der Waals surface area contributed by atoms with Crippen molar-refractivity contribution in [2.75, 3.05) is 26.2 Å². The van der Waals surface area contributed by atoms with E-state index in [1.54, 1.807) is 12.1 Å². The molecule has 1 aliphatic heterocycles. The molecule has 1 heterocycles. The molecule has 128 valence electrons. The molecule has 0 aliphatic carbocycles. The molecule has 1 saturated heterocycles. The van der Waals surface area contributed by atoms with Crippen LogP contribution in [0.15, 0.2) is 18.2 Å². The molecule has 1 aliphatic rings. The topological polar surface area (TPSA) is 82.4 Å². The van der Waals surface area contributed by atoms with E-state index in [1.807, 2.05) is 5.43 Å². The summed E-state index contributed by atoms with van der Waals surface area (Å²) in [6.07, 6.45) is 2.80. The molecule has 2 amide bonds. The second-order valence-electron chi connectivity index (χ2n) is 5.66. The van der Waals surface area contributed by atoms with Gasteiger partial charge in [0.15, 0.2) is 0 Å². The first-order valence-electron chi connectivity index (χ1n) is 7.77. The van der Waals surface area contributed by atoms with Crippen molar-refractivity contribution in [3.05, 3.63) is 34.6 Å². The third kappa shape index (κ3) is 5.62. The first kappa shape index (κ1) is 17.9. The number of hydrogen-bond donors (Lipinski definition) is 4. The van der Waals surface area contributed by atoms with Crippen molar-refractivity contribution < 1.29 is 9.18 Å². The largest absolute Gasteiger partial charge is 0.343 e. The Balaban J connectivity index is 1.67. The highest BCUT2D eigenvalue weighted by molar-refractivity contribution is 6.30. The number of hydrazine groups is 2. The Morgan fingerprint density at radius 1 is 1.39 bits per heavy atom. The van der Waals surface area contributed by atoms with Crippen LogP contribution in [0.5, 0.6) is 0 Å². The smallest absolute Gasteiger partial charge is 0.303 e. The number of benzene rings is 1. The van der Waals surface area contributed by atoms with Crippen LogP contribution in [-0.4, -0.2) is 37.1 Å². The number of carbonyl (C=O) groups is 1. The van der Waals surface area contributed by atoms with Gasteiger partial charge in [-0.05, 0) is 62.5 Å². The van der Waals surface area contributed by atoms with Crippen molar-refractivity contribution in [1.82, 2.24) is 21.2 Å². The molecular weight excluding hydrogens is 321 g/mol. The molecule has 5 N–H and O–H groups in total. The predicted octanol–water partition coefficient (Wildman–Crippen LogP) is 1.73. The van der Waals surface area contributed by atoms with Crippen LogP contribution in [0.3, 0.4) is 0 Å². The van der Waals surface area contributed by atoms with E-state index in [1.165, 1.54) is 6.07 Å². The fourth-order valence-corrected chi connectivity index (χ4v) is 3.03. The highest BCUT2D eigenvalue weighted by Gasteiger charge is 2.22. The Morgan fingerprint density at radius 2 is 2.13 bits per heavy atom. The van der Waals surface area contributed by atoms with Crippen molar-refractivity contribution in [3.8, 4) is 0 Å². The number of urea groups is 1. The molecule has 8 heteroatoms. The van der Waals surface area contributed by atoms with Gasteiger partial charge in [0, 0.05) is 11.6 Å². The number of nitrogens with one attached hydrogen (secondary N) is 3. The van der Waals surface area contributed by atoms with E-state index in [4.69, 9.17) is 17.4 Å². The monoisotopic (exact) mass is 343 g/mol. The van der Waals surface area contributed by atoms with Gasteiger partial charge in [-0.25, -0.2) is 20.5 Å².